The molecule has 0 radical (unpaired) electrons. The first kappa shape index (κ1) is 15.3. The van der Waals surface area contributed by atoms with Gasteiger partial charge < -0.3 is 15.2 Å². The Hall–Kier alpha value is -2.05. The first-order valence-corrected chi connectivity index (χ1v) is 7.27. The summed E-state index contributed by atoms with van der Waals surface area (Å²) in [6.45, 7) is 1.57. The Morgan fingerprint density at radius 2 is 2.14 bits per heavy atom. The highest BCUT2D eigenvalue weighted by Gasteiger charge is 2.19. The molecule has 1 aromatic heterocycles. The molecular weight excluding hydrogens is 314 g/mol. The Morgan fingerprint density at radius 3 is 2.81 bits per heavy atom. The molecule has 1 unspecified atom stereocenters. The molecule has 1 aromatic carbocycles. The third-order valence-electron chi connectivity index (χ3n) is 2.60. The van der Waals surface area contributed by atoms with Crippen molar-refractivity contribution in [1.82, 2.24) is 0 Å². The predicted molar refractivity (Wildman–Crippen MR) is 81.5 cm³/mol. The summed E-state index contributed by atoms with van der Waals surface area (Å²) in [5.74, 6) is -1.05. The highest BCUT2D eigenvalue weighted by molar-refractivity contribution is 7.12. The molecular formula is C14H12ClNO4S. The van der Waals surface area contributed by atoms with E-state index < -0.39 is 18.0 Å². The molecule has 0 aliphatic rings. The summed E-state index contributed by atoms with van der Waals surface area (Å²) in [6.07, 6.45) is -0.787. The molecule has 1 amide bonds. The molecule has 0 fully saturated rings. The van der Waals surface area contributed by atoms with Gasteiger partial charge in [0.1, 0.15) is 10.6 Å². The number of aromatic carboxylic acids is 1. The molecule has 0 saturated heterocycles. The fraction of sp³-hybridized carbons (Fsp3) is 0.143. The van der Waals surface area contributed by atoms with Gasteiger partial charge in [-0.25, -0.2) is 4.79 Å². The number of carboxylic acid groups (broad SMARTS) is 1. The van der Waals surface area contributed by atoms with Gasteiger partial charge in [-0.3, -0.25) is 4.79 Å². The third kappa shape index (κ3) is 3.96. The Bertz CT molecular complexity index is 670. The van der Waals surface area contributed by atoms with Gasteiger partial charge in [-0.15, -0.1) is 11.3 Å². The number of hydrogen-bond donors (Lipinski definition) is 2. The van der Waals surface area contributed by atoms with Crippen LogP contribution in [0, 0.1) is 0 Å². The number of halogens is 1. The molecule has 21 heavy (non-hydrogen) atoms. The minimum Gasteiger partial charge on any atom is -0.481 e. The molecule has 1 atom stereocenters. The minimum absolute atomic E-state index is 0.0818. The van der Waals surface area contributed by atoms with Crippen LogP contribution < -0.4 is 10.1 Å². The largest absolute Gasteiger partial charge is 0.481 e. The number of ether oxygens (including phenoxy) is 1. The lowest BCUT2D eigenvalue weighted by Gasteiger charge is -2.14. The van der Waals surface area contributed by atoms with Gasteiger partial charge in [-0.05, 0) is 36.6 Å². The summed E-state index contributed by atoms with van der Waals surface area (Å²) in [4.78, 5) is 23.1. The number of hydrogen-bond acceptors (Lipinski definition) is 4. The number of amides is 1. The van der Waals surface area contributed by atoms with Crippen molar-refractivity contribution in [2.75, 3.05) is 5.32 Å². The summed E-state index contributed by atoms with van der Waals surface area (Å²) in [6, 6.07) is 8.23. The molecule has 2 aromatic rings. The van der Waals surface area contributed by atoms with Gasteiger partial charge in [0.25, 0.3) is 5.91 Å². The first-order valence-electron chi connectivity index (χ1n) is 6.01. The van der Waals surface area contributed by atoms with Crippen LogP contribution in [0.15, 0.2) is 35.7 Å². The van der Waals surface area contributed by atoms with E-state index in [4.69, 9.17) is 21.4 Å². The van der Waals surface area contributed by atoms with E-state index in [0.717, 1.165) is 11.3 Å². The highest BCUT2D eigenvalue weighted by Crippen LogP contribution is 2.23. The molecule has 110 valence electrons. The van der Waals surface area contributed by atoms with Crippen LogP contribution in [0.2, 0.25) is 5.02 Å². The van der Waals surface area contributed by atoms with Gasteiger partial charge >= 0.3 is 5.97 Å². The summed E-state index contributed by atoms with van der Waals surface area (Å²) >= 11 is 6.88. The summed E-state index contributed by atoms with van der Waals surface area (Å²) < 4.78 is 5.47. The normalized spacial score (nSPS) is 11.7. The van der Waals surface area contributed by atoms with Gasteiger partial charge in [0.2, 0.25) is 0 Å². The highest BCUT2D eigenvalue weighted by atomic mass is 35.5. The van der Waals surface area contributed by atoms with E-state index in [1.54, 1.807) is 36.6 Å². The molecule has 0 aliphatic heterocycles. The second kappa shape index (κ2) is 6.60. The van der Waals surface area contributed by atoms with Gasteiger partial charge in [0, 0.05) is 5.02 Å². The molecule has 0 spiro atoms. The van der Waals surface area contributed by atoms with Gasteiger partial charge in [-0.2, -0.15) is 0 Å². The number of carbonyl (C=O) groups is 2. The van der Waals surface area contributed by atoms with Crippen LogP contribution in [0.5, 0.6) is 5.75 Å². The molecule has 0 bridgehead atoms. The summed E-state index contributed by atoms with van der Waals surface area (Å²) in [7, 11) is 0. The van der Waals surface area contributed by atoms with E-state index in [-0.39, 0.29) is 10.6 Å². The Kier molecular flexibility index (Phi) is 4.82. The molecule has 2 N–H and O–H groups in total. The smallest absolute Gasteiger partial charge is 0.348 e. The molecule has 7 heteroatoms. The van der Waals surface area contributed by atoms with Crippen molar-refractivity contribution in [3.05, 3.63) is 45.6 Å². The number of benzene rings is 1. The zero-order valence-electron chi connectivity index (χ0n) is 11.0. The lowest BCUT2D eigenvalue weighted by atomic mass is 10.3. The van der Waals surface area contributed by atoms with E-state index >= 15 is 0 Å². The number of thiophene rings is 1. The van der Waals surface area contributed by atoms with E-state index in [2.05, 4.69) is 5.32 Å². The van der Waals surface area contributed by atoms with E-state index in [0.29, 0.717) is 10.8 Å². The van der Waals surface area contributed by atoms with E-state index in [1.807, 2.05) is 0 Å². The monoisotopic (exact) mass is 325 g/mol. The lowest BCUT2D eigenvalue weighted by Crippen LogP contribution is -2.30. The zero-order chi connectivity index (χ0) is 15.4. The van der Waals surface area contributed by atoms with E-state index in [1.165, 1.54) is 6.07 Å². The Morgan fingerprint density at radius 1 is 1.38 bits per heavy atom. The average molecular weight is 326 g/mol. The quantitative estimate of drug-likeness (QED) is 0.882. The summed E-state index contributed by atoms with van der Waals surface area (Å²) in [5, 5.41) is 13.6. The van der Waals surface area contributed by atoms with Crippen LogP contribution in [0.1, 0.15) is 16.6 Å². The van der Waals surface area contributed by atoms with Crippen molar-refractivity contribution >= 4 is 40.5 Å². The second-order valence-corrected chi connectivity index (χ2v) is 5.53. The maximum atomic E-state index is 12.0. The molecule has 2 rings (SSSR count). The van der Waals surface area contributed by atoms with Gasteiger partial charge in [0.05, 0.1) is 5.69 Å². The average Bonchev–Trinajstić information content (AvgIpc) is 2.87. The van der Waals surface area contributed by atoms with E-state index in [9.17, 15) is 9.59 Å². The van der Waals surface area contributed by atoms with Crippen molar-refractivity contribution in [2.24, 2.45) is 0 Å². The van der Waals surface area contributed by atoms with Gasteiger partial charge in [0.15, 0.2) is 6.10 Å². The van der Waals surface area contributed by atoms with Crippen LogP contribution in [0.25, 0.3) is 0 Å². The second-order valence-electron chi connectivity index (χ2n) is 4.18. The van der Waals surface area contributed by atoms with Crippen LogP contribution in [0.4, 0.5) is 5.69 Å². The SMILES string of the molecule is CC(Oc1cccc(Cl)c1)C(=O)Nc1ccsc1C(=O)O. The van der Waals surface area contributed by atoms with Crippen molar-refractivity contribution in [1.29, 1.82) is 0 Å². The molecule has 0 saturated carbocycles. The van der Waals surface area contributed by atoms with Crippen molar-refractivity contribution in [2.45, 2.75) is 13.0 Å². The van der Waals surface area contributed by atoms with Crippen molar-refractivity contribution in [3.63, 3.8) is 0 Å². The van der Waals surface area contributed by atoms with Crippen LogP contribution in [-0.4, -0.2) is 23.1 Å². The fourth-order valence-electron chi connectivity index (χ4n) is 1.61. The van der Waals surface area contributed by atoms with Crippen molar-refractivity contribution in [3.8, 4) is 5.75 Å². The standard InChI is InChI=1S/C14H12ClNO4S/c1-8(20-10-4-2-3-9(15)7-10)13(17)16-11-5-6-21-12(11)14(18)19/h2-8H,1H3,(H,16,17)(H,18,19). The first-order chi connectivity index (χ1) is 9.97. The van der Waals surface area contributed by atoms with Crippen LogP contribution in [0.3, 0.4) is 0 Å². The Balaban J connectivity index is 2.03. The van der Waals surface area contributed by atoms with Crippen LogP contribution >= 0.6 is 22.9 Å². The van der Waals surface area contributed by atoms with Gasteiger partial charge in [-0.1, -0.05) is 17.7 Å². The maximum Gasteiger partial charge on any atom is 0.348 e. The number of carboxylic acids is 1. The molecule has 5 nitrogen and oxygen atoms in total. The molecule has 0 aliphatic carbocycles. The Labute approximate surface area is 130 Å². The number of rotatable bonds is 5. The summed E-state index contributed by atoms with van der Waals surface area (Å²) in [5.41, 5.74) is 0.263. The van der Waals surface area contributed by atoms with Crippen molar-refractivity contribution < 1.29 is 19.4 Å². The number of nitrogens with one attached hydrogen (secondary N) is 1. The number of anilines is 1. The molecule has 1 heterocycles. The maximum absolute atomic E-state index is 12.0. The number of carbonyl (C=O) groups excluding carboxylic acids is 1. The van der Waals surface area contributed by atoms with Crippen LogP contribution in [-0.2, 0) is 4.79 Å². The lowest BCUT2D eigenvalue weighted by molar-refractivity contribution is -0.122. The minimum atomic E-state index is -1.08. The fourth-order valence-corrected chi connectivity index (χ4v) is 2.47. The zero-order valence-corrected chi connectivity index (χ0v) is 12.6. The third-order valence-corrected chi connectivity index (χ3v) is 3.73. The predicted octanol–water partition coefficient (Wildman–Crippen LogP) is 3.51. The topological polar surface area (TPSA) is 75.6 Å².